The van der Waals surface area contributed by atoms with Crippen LogP contribution < -0.4 is 10.1 Å². The van der Waals surface area contributed by atoms with Crippen LogP contribution in [0.2, 0.25) is 0 Å². The lowest BCUT2D eigenvalue weighted by Crippen LogP contribution is -2.34. The van der Waals surface area contributed by atoms with E-state index in [2.05, 4.69) is 5.32 Å². The van der Waals surface area contributed by atoms with Crippen molar-refractivity contribution in [3.05, 3.63) is 65.5 Å². The molecule has 0 saturated carbocycles. The molecule has 0 heterocycles. The number of aliphatic hydroxyl groups is 1. The number of carbonyl (C=O) groups is 1. The third kappa shape index (κ3) is 4.32. The zero-order valence-electron chi connectivity index (χ0n) is 14.0. The van der Waals surface area contributed by atoms with Crippen LogP contribution in [-0.2, 0) is 10.4 Å². The standard InChI is InChI=1S/C19H22FNO3/c1-13(14-9-10-17(24-3)16(20)11-14)21-18(22)12-19(2,23)15-7-5-4-6-8-15/h4-11,13,23H,12H2,1-3H3,(H,21,22). The van der Waals surface area contributed by atoms with E-state index in [1.54, 1.807) is 32.0 Å². The third-order valence-corrected chi connectivity index (χ3v) is 3.95. The summed E-state index contributed by atoms with van der Waals surface area (Å²) in [6, 6.07) is 13.2. The van der Waals surface area contributed by atoms with Gasteiger partial charge >= 0.3 is 0 Å². The average molecular weight is 331 g/mol. The van der Waals surface area contributed by atoms with Crippen LogP contribution in [0.25, 0.3) is 0 Å². The lowest BCUT2D eigenvalue weighted by molar-refractivity contribution is -0.126. The van der Waals surface area contributed by atoms with E-state index in [-0.39, 0.29) is 24.1 Å². The molecule has 0 bridgehead atoms. The van der Waals surface area contributed by atoms with E-state index < -0.39 is 11.4 Å². The maximum absolute atomic E-state index is 13.8. The fourth-order valence-corrected chi connectivity index (χ4v) is 2.54. The van der Waals surface area contributed by atoms with Gasteiger partial charge in [0.1, 0.15) is 0 Å². The van der Waals surface area contributed by atoms with Crippen LogP contribution >= 0.6 is 0 Å². The Morgan fingerprint density at radius 1 is 1.29 bits per heavy atom. The van der Waals surface area contributed by atoms with Crippen molar-refractivity contribution in [2.45, 2.75) is 31.9 Å². The Balaban J connectivity index is 2.02. The largest absolute Gasteiger partial charge is 0.494 e. The van der Waals surface area contributed by atoms with Crippen LogP contribution in [0.3, 0.4) is 0 Å². The first kappa shape index (κ1) is 17.9. The maximum Gasteiger partial charge on any atom is 0.223 e. The first-order valence-corrected chi connectivity index (χ1v) is 7.74. The second-order valence-corrected chi connectivity index (χ2v) is 6.00. The highest BCUT2D eigenvalue weighted by Crippen LogP contribution is 2.25. The molecule has 5 heteroatoms. The van der Waals surface area contributed by atoms with E-state index in [1.165, 1.54) is 19.2 Å². The van der Waals surface area contributed by atoms with Crippen molar-refractivity contribution in [3.8, 4) is 5.75 Å². The number of carbonyl (C=O) groups excluding carboxylic acids is 1. The van der Waals surface area contributed by atoms with Gasteiger partial charge in [-0.25, -0.2) is 4.39 Å². The summed E-state index contributed by atoms with van der Waals surface area (Å²) >= 11 is 0. The van der Waals surface area contributed by atoms with Crippen molar-refractivity contribution in [2.24, 2.45) is 0 Å². The Morgan fingerprint density at radius 2 is 1.96 bits per heavy atom. The van der Waals surface area contributed by atoms with Crippen molar-refractivity contribution in [2.75, 3.05) is 7.11 Å². The van der Waals surface area contributed by atoms with Gasteiger partial charge in [0.05, 0.1) is 25.2 Å². The summed E-state index contributed by atoms with van der Waals surface area (Å²) < 4.78 is 18.6. The van der Waals surface area contributed by atoms with Gasteiger partial charge in [-0.1, -0.05) is 36.4 Å². The highest BCUT2D eigenvalue weighted by molar-refractivity contribution is 5.77. The van der Waals surface area contributed by atoms with E-state index in [1.807, 2.05) is 18.2 Å². The predicted molar refractivity (Wildman–Crippen MR) is 90.1 cm³/mol. The highest BCUT2D eigenvalue weighted by Gasteiger charge is 2.27. The molecule has 128 valence electrons. The van der Waals surface area contributed by atoms with Gasteiger partial charge in [0, 0.05) is 0 Å². The second kappa shape index (κ2) is 7.45. The summed E-state index contributed by atoms with van der Waals surface area (Å²) in [4.78, 5) is 12.2. The zero-order chi connectivity index (χ0) is 17.7. The number of rotatable bonds is 6. The van der Waals surface area contributed by atoms with Crippen LogP contribution in [0.4, 0.5) is 4.39 Å². The van der Waals surface area contributed by atoms with Crippen molar-refractivity contribution >= 4 is 5.91 Å². The molecule has 2 atom stereocenters. The van der Waals surface area contributed by atoms with Crippen molar-refractivity contribution in [3.63, 3.8) is 0 Å². The molecule has 1 amide bonds. The topological polar surface area (TPSA) is 58.6 Å². The van der Waals surface area contributed by atoms with Gasteiger partial charge in [-0.3, -0.25) is 4.79 Å². The quantitative estimate of drug-likeness (QED) is 0.854. The molecule has 2 unspecified atom stereocenters. The lowest BCUT2D eigenvalue weighted by Gasteiger charge is -2.24. The van der Waals surface area contributed by atoms with Gasteiger partial charge in [0.2, 0.25) is 5.91 Å². The van der Waals surface area contributed by atoms with Gasteiger partial charge in [-0.05, 0) is 37.1 Å². The molecule has 2 aromatic carbocycles. The van der Waals surface area contributed by atoms with Crippen molar-refractivity contribution in [1.29, 1.82) is 0 Å². The minimum atomic E-state index is -1.27. The fraction of sp³-hybridized carbons (Fsp3) is 0.316. The maximum atomic E-state index is 13.8. The molecule has 4 nitrogen and oxygen atoms in total. The third-order valence-electron chi connectivity index (χ3n) is 3.95. The number of methoxy groups -OCH3 is 1. The first-order valence-electron chi connectivity index (χ1n) is 7.74. The molecule has 0 spiro atoms. The molecule has 0 fully saturated rings. The Morgan fingerprint density at radius 3 is 2.54 bits per heavy atom. The number of hydrogen-bond donors (Lipinski definition) is 2. The number of benzene rings is 2. The van der Waals surface area contributed by atoms with Crippen LogP contribution in [-0.4, -0.2) is 18.1 Å². The Hall–Kier alpha value is -2.40. The number of halogens is 1. The van der Waals surface area contributed by atoms with Gasteiger partial charge in [0.25, 0.3) is 0 Å². The normalized spacial score (nSPS) is 14.5. The van der Waals surface area contributed by atoms with Crippen LogP contribution in [0.15, 0.2) is 48.5 Å². The summed E-state index contributed by atoms with van der Waals surface area (Å²) in [5.41, 5.74) is 0.0280. The Bertz CT molecular complexity index is 701. The van der Waals surface area contributed by atoms with E-state index >= 15 is 0 Å². The molecular weight excluding hydrogens is 309 g/mol. The zero-order valence-corrected chi connectivity index (χ0v) is 14.0. The average Bonchev–Trinajstić information content (AvgIpc) is 2.55. The molecule has 0 aliphatic carbocycles. The SMILES string of the molecule is COc1ccc(C(C)NC(=O)CC(C)(O)c2ccccc2)cc1F. The van der Waals surface area contributed by atoms with Crippen LogP contribution in [0, 0.1) is 5.82 Å². The summed E-state index contributed by atoms with van der Waals surface area (Å²) in [6.45, 7) is 3.36. The second-order valence-electron chi connectivity index (χ2n) is 6.00. The summed E-state index contributed by atoms with van der Waals surface area (Å²) in [5, 5.41) is 13.3. The van der Waals surface area contributed by atoms with Gasteiger partial charge in [-0.2, -0.15) is 0 Å². The Labute approximate surface area is 141 Å². The molecular formula is C19H22FNO3. The molecule has 0 radical (unpaired) electrons. The molecule has 2 aromatic rings. The van der Waals surface area contributed by atoms with E-state index in [4.69, 9.17) is 4.74 Å². The molecule has 0 aromatic heterocycles. The number of amides is 1. The van der Waals surface area contributed by atoms with E-state index in [0.29, 0.717) is 11.1 Å². The minimum Gasteiger partial charge on any atom is -0.494 e. The minimum absolute atomic E-state index is 0.0833. The van der Waals surface area contributed by atoms with Gasteiger partial charge < -0.3 is 15.2 Å². The fourth-order valence-electron chi connectivity index (χ4n) is 2.54. The van der Waals surface area contributed by atoms with Crippen molar-refractivity contribution < 1.29 is 19.0 Å². The molecule has 0 aliphatic heterocycles. The van der Waals surface area contributed by atoms with E-state index in [9.17, 15) is 14.3 Å². The van der Waals surface area contributed by atoms with Gasteiger partial charge in [-0.15, -0.1) is 0 Å². The molecule has 0 saturated heterocycles. The number of ether oxygens (including phenoxy) is 1. The monoisotopic (exact) mass is 331 g/mol. The lowest BCUT2D eigenvalue weighted by atomic mass is 9.92. The molecule has 24 heavy (non-hydrogen) atoms. The predicted octanol–water partition coefficient (Wildman–Crippen LogP) is 3.31. The highest BCUT2D eigenvalue weighted by atomic mass is 19.1. The van der Waals surface area contributed by atoms with Crippen LogP contribution in [0.5, 0.6) is 5.75 Å². The summed E-state index contributed by atoms with van der Waals surface area (Å²) in [5.74, 6) is -0.635. The molecule has 2 N–H and O–H groups in total. The summed E-state index contributed by atoms with van der Waals surface area (Å²) in [6.07, 6.45) is -0.0833. The first-order chi connectivity index (χ1) is 11.3. The van der Waals surface area contributed by atoms with Crippen LogP contribution in [0.1, 0.15) is 37.4 Å². The van der Waals surface area contributed by atoms with Gasteiger partial charge in [0.15, 0.2) is 11.6 Å². The van der Waals surface area contributed by atoms with E-state index in [0.717, 1.165) is 0 Å². The Kier molecular flexibility index (Phi) is 5.57. The number of hydrogen-bond acceptors (Lipinski definition) is 3. The number of nitrogens with one attached hydrogen (secondary N) is 1. The smallest absolute Gasteiger partial charge is 0.223 e. The molecule has 2 rings (SSSR count). The van der Waals surface area contributed by atoms with Crippen molar-refractivity contribution in [1.82, 2.24) is 5.32 Å². The molecule has 0 aliphatic rings. The summed E-state index contributed by atoms with van der Waals surface area (Å²) in [7, 11) is 1.40.